The van der Waals surface area contributed by atoms with Crippen LogP contribution >= 0.6 is 24.0 Å². The number of carbonyl (C=O) groups excluding carboxylic acids is 2. The molecule has 0 spiro atoms. The molecule has 2 amide bonds. The third-order valence-corrected chi connectivity index (χ3v) is 7.50. The van der Waals surface area contributed by atoms with Crippen molar-refractivity contribution >= 4 is 41.8 Å². The number of nitrogens with one attached hydrogen (secondary N) is 2. The molecule has 4 rings (SSSR count). The van der Waals surface area contributed by atoms with Crippen molar-refractivity contribution in [2.75, 3.05) is 45.8 Å². The van der Waals surface area contributed by atoms with Gasteiger partial charge in [-0.3, -0.25) is 19.5 Å². The van der Waals surface area contributed by atoms with Gasteiger partial charge in [0.15, 0.2) is 5.96 Å². The first-order chi connectivity index (χ1) is 14.6. The maximum absolute atomic E-state index is 12.8. The van der Waals surface area contributed by atoms with E-state index >= 15 is 0 Å². The number of piperidine rings is 1. The number of hydrogen-bond acceptors (Lipinski definition) is 4. The van der Waals surface area contributed by atoms with Gasteiger partial charge < -0.3 is 15.5 Å². The van der Waals surface area contributed by atoms with E-state index in [4.69, 9.17) is 4.99 Å². The Hall–Kier alpha value is -1.16. The lowest BCUT2D eigenvalue weighted by molar-refractivity contribution is -0.140. The van der Waals surface area contributed by atoms with Crippen LogP contribution in [0.1, 0.15) is 39.5 Å². The molecule has 1 saturated carbocycles. The Morgan fingerprint density at radius 1 is 1.06 bits per heavy atom. The summed E-state index contributed by atoms with van der Waals surface area (Å²) in [6, 6.07) is 0. The molecule has 7 nitrogen and oxygen atoms in total. The van der Waals surface area contributed by atoms with Crippen molar-refractivity contribution in [3.8, 4) is 0 Å². The molecule has 4 aliphatic rings. The molecular formula is C23H38IN5O2. The molecule has 0 aromatic carbocycles. The molecule has 2 bridgehead atoms. The molecule has 174 valence electrons. The number of aliphatic imine (C=N–C) groups is 1. The zero-order valence-corrected chi connectivity index (χ0v) is 21.2. The number of fused-ring (bicyclic) bond motifs is 5. The quantitative estimate of drug-likeness (QED) is 0.161. The zero-order valence-electron chi connectivity index (χ0n) is 18.9. The van der Waals surface area contributed by atoms with Gasteiger partial charge in [-0.2, -0.15) is 0 Å². The minimum absolute atomic E-state index is 0. The smallest absolute Gasteiger partial charge is 0.233 e. The van der Waals surface area contributed by atoms with Gasteiger partial charge in [0.1, 0.15) is 0 Å². The Morgan fingerprint density at radius 2 is 1.71 bits per heavy atom. The molecule has 2 aliphatic heterocycles. The van der Waals surface area contributed by atoms with Crippen LogP contribution in [0.3, 0.4) is 0 Å². The fourth-order valence-electron chi connectivity index (χ4n) is 5.76. The summed E-state index contributed by atoms with van der Waals surface area (Å²) in [6.07, 6.45) is 8.92. The molecule has 3 fully saturated rings. The topological polar surface area (TPSA) is 77.0 Å². The Bertz CT molecular complexity index is 674. The molecule has 2 aliphatic carbocycles. The Balaban J connectivity index is 0.00000272. The van der Waals surface area contributed by atoms with Gasteiger partial charge in [-0.25, -0.2) is 0 Å². The molecule has 2 heterocycles. The third kappa shape index (κ3) is 5.26. The van der Waals surface area contributed by atoms with Crippen LogP contribution in [0.5, 0.6) is 0 Å². The van der Waals surface area contributed by atoms with Crippen LogP contribution in [0, 0.1) is 29.6 Å². The van der Waals surface area contributed by atoms with Gasteiger partial charge in [-0.05, 0) is 70.0 Å². The van der Waals surface area contributed by atoms with E-state index in [1.165, 1.54) is 30.8 Å². The molecule has 2 saturated heterocycles. The lowest BCUT2D eigenvalue weighted by atomic mass is 9.85. The number of likely N-dealkylation sites (tertiary alicyclic amines) is 2. The van der Waals surface area contributed by atoms with E-state index in [9.17, 15) is 9.59 Å². The van der Waals surface area contributed by atoms with Crippen molar-refractivity contribution in [3.05, 3.63) is 12.2 Å². The van der Waals surface area contributed by atoms with Crippen molar-refractivity contribution in [2.24, 2.45) is 34.6 Å². The first-order valence-electron chi connectivity index (χ1n) is 11.9. The van der Waals surface area contributed by atoms with Crippen molar-refractivity contribution in [1.82, 2.24) is 20.4 Å². The summed E-state index contributed by atoms with van der Waals surface area (Å²) < 4.78 is 0. The van der Waals surface area contributed by atoms with Gasteiger partial charge in [0, 0.05) is 26.2 Å². The molecule has 0 aromatic heterocycles. The number of rotatable bonds is 8. The van der Waals surface area contributed by atoms with Gasteiger partial charge in [0.2, 0.25) is 11.8 Å². The van der Waals surface area contributed by atoms with Crippen LogP contribution in [-0.4, -0.2) is 73.4 Å². The summed E-state index contributed by atoms with van der Waals surface area (Å²) in [4.78, 5) is 34.3. The van der Waals surface area contributed by atoms with E-state index in [0.29, 0.717) is 13.1 Å². The van der Waals surface area contributed by atoms with Crippen LogP contribution in [0.2, 0.25) is 0 Å². The van der Waals surface area contributed by atoms with Gasteiger partial charge in [-0.15, -0.1) is 24.0 Å². The van der Waals surface area contributed by atoms with E-state index in [-0.39, 0.29) is 59.5 Å². The van der Waals surface area contributed by atoms with Crippen LogP contribution in [0.25, 0.3) is 0 Å². The number of imide groups is 1. The van der Waals surface area contributed by atoms with E-state index in [1.54, 1.807) is 0 Å². The number of carbonyl (C=O) groups is 2. The van der Waals surface area contributed by atoms with Crippen molar-refractivity contribution in [1.29, 1.82) is 0 Å². The second-order valence-electron chi connectivity index (χ2n) is 9.18. The third-order valence-electron chi connectivity index (χ3n) is 7.50. The molecule has 0 radical (unpaired) electrons. The minimum atomic E-state index is -0.103. The molecule has 31 heavy (non-hydrogen) atoms. The summed E-state index contributed by atoms with van der Waals surface area (Å²) in [5, 5.41) is 6.60. The number of hydrogen-bond donors (Lipinski definition) is 2. The zero-order chi connectivity index (χ0) is 21.1. The normalized spacial score (nSPS) is 30.6. The Labute approximate surface area is 203 Å². The summed E-state index contributed by atoms with van der Waals surface area (Å²) >= 11 is 0. The second kappa shape index (κ2) is 11.1. The first kappa shape index (κ1) is 24.5. The van der Waals surface area contributed by atoms with Crippen LogP contribution < -0.4 is 10.6 Å². The number of amides is 2. The standard InChI is InChI=1S/C23H37N5O2.HI/c1-3-24-23(25-10-7-16-8-12-27(4-2)13-9-16)26-11-14-28-21(29)19-17-5-6-18(15-17)20(19)22(28)30;/h5-6,16-20H,3-4,7-15H2,1-2H3,(H2,24,25,26);1H. The number of nitrogens with zero attached hydrogens (tertiary/aromatic N) is 3. The minimum Gasteiger partial charge on any atom is -0.357 e. The maximum atomic E-state index is 12.8. The van der Waals surface area contributed by atoms with Gasteiger partial charge in [0.05, 0.1) is 11.8 Å². The summed E-state index contributed by atoms with van der Waals surface area (Å²) in [5.41, 5.74) is 0. The molecule has 4 unspecified atom stereocenters. The van der Waals surface area contributed by atoms with E-state index in [0.717, 1.165) is 44.4 Å². The first-order valence-corrected chi connectivity index (χ1v) is 11.9. The van der Waals surface area contributed by atoms with Crippen LogP contribution in [0.4, 0.5) is 0 Å². The molecule has 0 aromatic rings. The highest BCUT2D eigenvalue weighted by Gasteiger charge is 2.58. The molecule has 2 N–H and O–H groups in total. The lowest BCUT2D eigenvalue weighted by Gasteiger charge is -2.30. The Kier molecular flexibility index (Phi) is 8.78. The van der Waals surface area contributed by atoms with Crippen molar-refractivity contribution < 1.29 is 9.59 Å². The van der Waals surface area contributed by atoms with Gasteiger partial charge >= 0.3 is 0 Å². The predicted octanol–water partition coefficient (Wildman–Crippen LogP) is 2.09. The summed E-state index contributed by atoms with van der Waals surface area (Å²) in [6.45, 7) is 10.4. The summed E-state index contributed by atoms with van der Waals surface area (Å²) in [5.74, 6) is 1.96. The fourth-order valence-corrected chi connectivity index (χ4v) is 5.76. The van der Waals surface area contributed by atoms with E-state index in [2.05, 4.69) is 41.5 Å². The highest BCUT2D eigenvalue weighted by Crippen LogP contribution is 2.52. The lowest BCUT2D eigenvalue weighted by Crippen LogP contribution is -2.43. The monoisotopic (exact) mass is 543 g/mol. The average Bonchev–Trinajstić information content (AvgIpc) is 3.44. The van der Waals surface area contributed by atoms with E-state index < -0.39 is 0 Å². The molecule has 8 heteroatoms. The SMILES string of the molecule is CCNC(=NCCC1CCN(CC)CC1)NCCN1C(=O)C2C3C=CC(C3)C2C1=O.I. The number of halogens is 1. The fraction of sp³-hybridized carbons (Fsp3) is 0.783. The maximum Gasteiger partial charge on any atom is 0.233 e. The summed E-state index contributed by atoms with van der Waals surface area (Å²) in [7, 11) is 0. The average molecular weight is 543 g/mol. The highest BCUT2D eigenvalue weighted by molar-refractivity contribution is 14.0. The highest BCUT2D eigenvalue weighted by atomic mass is 127. The number of guanidine groups is 1. The van der Waals surface area contributed by atoms with Crippen molar-refractivity contribution in [2.45, 2.75) is 39.5 Å². The number of allylic oxidation sites excluding steroid dienone is 2. The van der Waals surface area contributed by atoms with Crippen LogP contribution in [0.15, 0.2) is 17.1 Å². The van der Waals surface area contributed by atoms with Gasteiger partial charge in [0.25, 0.3) is 0 Å². The van der Waals surface area contributed by atoms with Crippen molar-refractivity contribution in [3.63, 3.8) is 0 Å². The predicted molar refractivity (Wildman–Crippen MR) is 133 cm³/mol. The molecule has 4 atom stereocenters. The second-order valence-corrected chi connectivity index (χ2v) is 9.18. The molecular weight excluding hydrogens is 505 g/mol. The Morgan fingerprint density at radius 3 is 2.29 bits per heavy atom. The van der Waals surface area contributed by atoms with E-state index in [1.807, 2.05) is 0 Å². The largest absolute Gasteiger partial charge is 0.357 e. The van der Waals surface area contributed by atoms with Crippen LogP contribution in [-0.2, 0) is 9.59 Å². The van der Waals surface area contributed by atoms with Gasteiger partial charge in [-0.1, -0.05) is 19.1 Å².